The van der Waals surface area contributed by atoms with Crippen LogP contribution >= 0.6 is 12.4 Å². The topological polar surface area (TPSA) is 230 Å². The van der Waals surface area contributed by atoms with Crippen LogP contribution in [0.1, 0.15) is 0 Å². The Morgan fingerprint density at radius 2 is 0.688 bits per heavy atom. The molecule has 0 atom stereocenters. The molecule has 0 saturated carbocycles. The van der Waals surface area contributed by atoms with Gasteiger partial charge in [0.05, 0.1) is 22.7 Å². The first-order chi connectivity index (χ1) is 4.61. The number of halogens is 1. The monoisotopic (exact) mass is 254 g/mol. The van der Waals surface area contributed by atoms with Crippen molar-refractivity contribution in [2.45, 2.75) is 0 Å². The van der Waals surface area contributed by atoms with Gasteiger partial charge in [-0.15, -0.1) is 12.4 Å². The van der Waals surface area contributed by atoms with E-state index in [1.165, 1.54) is 0 Å². The van der Waals surface area contributed by atoms with Crippen LogP contribution in [0.15, 0.2) is 12.1 Å². The van der Waals surface area contributed by atoms with Crippen molar-refractivity contribution in [2.75, 3.05) is 22.9 Å². The molecule has 0 spiro atoms. The Labute approximate surface area is 111 Å². The van der Waals surface area contributed by atoms with Crippen molar-refractivity contribution in [3.8, 4) is 0 Å². The van der Waals surface area contributed by atoms with Crippen molar-refractivity contribution >= 4 is 54.0 Å². The molecular formula is C6H20ClLiN4O4. The van der Waals surface area contributed by atoms with Crippen LogP contribution < -0.4 is 22.9 Å². The van der Waals surface area contributed by atoms with Gasteiger partial charge in [-0.25, -0.2) is 0 Å². The summed E-state index contributed by atoms with van der Waals surface area (Å²) in [5.41, 5.74) is 23.6. The molecule has 10 heteroatoms. The summed E-state index contributed by atoms with van der Waals surface area (Å²) in [6.07, 6.45) is 0. The molecular weight excluding hydrogens is 234 g/mol. The van der Waals surface area contributed by atoms with E-state index >= 15 is 0 Å². The van der Waals surface area contributed by atoms with E-state index in [0.717, 1.165) is 0 Å². The third-order valence-corrected chi connectivity index (χ3v) is 1.29. The van der Waals surface area contributed by atoms with Crippen molar-refractivity contribution in [2.24, 2.45) is 0 Å². The quantitative estimate of drug-likeness (QED) is 0.272. The number of hydrogen-bond acceptors (Lipinski definition) is 4. The van der Waals surface area contributed by atoms with E-state index in [9.17, 15) is 0 Å². The second kappa shape index (κ2) is 14.1. The van der Waals surface area contributed by atoms with Crippen LogP contribution in [-0.2, 0) is 0 Å². The Bertz CT molecular complexity index is 229. The van der Waals surface area contributed by atoms with Crippen molar-refractivity contribution in [3.63, 3.8) is 0 Å². The van der Waals surface area contributed by atoms with Gasteiger partial charge in [0.25, 0.3) is 0 Å². The molecule has 1 rings (SSSR count). The van der Waals surface area contributed by atoms with Crippen LogP contribution in [0.4, 0.5) is 22.7 Å². The van der Waals surface area contributed by atoms with Crippen LogP contribution in [0, 0.1) is 0 Å². The molecule has 0 bridgehead atoms. The predicted molar refractivity (Wildman–Crippen MR) is 72.9 cm³/mol. The Morgan fingerprint density at radius 3 is 0.812 bits per heavy atom. The molecule has 0 aromatic heterocycles. The first-order valence-corrected chi connectivity index (χ1v) is 2.81. The summed E-state index contributed by atoms with van der Waals surface area (Å²) in [5, 5.41) is 0. The van der Waals surface area contributed by atoms with Crippen LogP contribution in [0.25, 0.3) is 0 Å². The summed E-state index contributed by atoms with van der Waals surface area (Å²) >= 11 is 0. The van der Waals surface area contributed by atoms with Gasteiger partial charge in [0.2, 0.25) is 0 Å². The number of nitrogens with two attached hydrogens (primary N) is 4. The predicted octanol–water partition coefficient (Wildman–Crippen LogP) is -3.51. The molecule has 8 nitrogen and oxygen atoms in total. The third kappa shape index (κ3) is 8.46. The molecule has 16 N–H and O–H groups in total. The van der Waals surface area contributed by atoms with Crippen molar-refractivity contribution in [1.82, 2.24) is 0 Å². The molecule has 1 aromatic rings. The fourth-order valence-corrected chi connectivity index (χ4v) is 0.668. The summed E-state index contributed by atoms with van der Waals surface area (Å²) in [6.45, 7) is 0. The summed E-state index contributed by atoms with van der Waals surface area (Å²) in [5.74, 6) is 0. The van der Waals surface area contributed by atoms with E-state index in [4.69, 9.17) is 22.9 Å². The SMILES string of the molecule is Cl.Nc1cc(N)c(N)cc1N.O.O.O.O.[LiH]. The Kier molecular flexibility index (Phi) is 32.0. The minimum atomic E-state index is 0. The van der Waals surface area contributed by atoms with Crippen molar-refractivity contribution in [1.29, 1.82) is 0 Å². The van der Waals surface area contributed by atoms with Crippen LogP contribution in [0.3, 0.4) is 0 Å². The van der Waals surface area contributed by atoms with Gasteiger partial charge in [0.1, 0.15) is 0 Å². The van der Waals surface area contributed by atoms with E-state index in [1.54, 1.807) is 12.1 Å². The average Bonchev–Trinajstić information content (AvgIpc) is 1.84. The first-order valence-electron chi connectivity index (χ1n) is 2.81. The summed E-state index contributed by atoms with van der Waals surface area (Å²) in [6, 6.07) is 3.09. The van der Waals surface area contributed by atoms with Crippen molar-refractivity contribution in [3.05, 3.63) is 12.1 Å². The van der Waals surface area contributed by atoms with Gasteiger partial charge in [-0.05, 0) is 12.1 Å². The molecule has 0 aliphatic carbocycles. The zero-order chi connectivity index (χ0) is 7.72. The molecule has 16 heavy (non-hydrogen) atoms. The summed E-state index contributed by atoms with van der Waals surface area (Å²) in [4.78, 5) is 0. The fraction of sp³-hybridized carbons (Fsp3) is 0. The Balaban J connectivity index is -0.0000000417. The van der Waals surface area contributed by atoms with Gasteiger partial charge in [0.15, 0.2) is 0 Å². The molecule has 0 aliphatic heterocycles. The van der Waals surface area contributed by atoms with E-state index in [2.05, 4.69) is 0 Å². The van der Waals surface area contributed by atoms with Gasteiger partial charge in [-0.3, -0.25) is 0 Å². The van der Waals surface area contributed by atoms with E-state index < -0.39 is 0 Å². The van der Waals surface area contributed by atoms with Gasteiger partial charge in [0, 0.05) is 0 Å². The maximum absolute atomic E-state index is 5.43. The Hall–Kier alpha value is -0.853. The molecule has 0 fully saturated rings. The number of anilines is 4. The van der Waals surface area contributed by atoms with Crippen LogP contribution in [0.2, 0.25) is 0 Å². The summed E-state index contributed by atoms with van der Waals surface area (Å²) in [7, 11) is 0. The normalized spacial score (nSPS) is 6.00. The minimum absolute atomic E-state index is 0. The van der Waals surface area contributed by atoms with Crippen LogP contribution in [0.5, 0.6) is 0 Å². The molecule has 0 amide bonds. The van der Waals surface area contributed by atoms with E-state index in [1.807, 2.05) is 0 Å². The average molecular weight is 255 g/mol. The number of benzene rings is 1. The first kappa shape index (κ1) is 36.2. The molecule has 0 radical (unpaired) electrons. The molecule has 0 heterocycles. The third-order valence-electron chi connectivity index (χ3n) is 1.29. The van der Waals surface area contributed by atoms with Gasteiger partial charge < -0.3 is 44.8 Å². The molecule has 0 aliphatic rings. The molecule has 0 unspecified atom stereocenters. The number of hydrogen-bond donors (Lipinski definition) is 4. The molecule has 0 saturated heterocycles. The molecule has 1 aromatic carbocycles. The van der Waals surface area contributed by atoms with Gasteiger partial charge in [-0.2, -0.15) is 0 Å². The second-order valence-corrected chi connectivity index (χ2v) is 2.11. The van der Waals surface area contributed by atoms with Gasteiger partial charge in [-0.1, -0.05) is 0 Å². The summed E-state index contributed by atoms with van der Waals surface area (Å²) < 4.78 is 0. The number of rotatable bonds is 0. The zero-order valence-corrected chi connectivity index (χ0v) is 8.69. The molecule has 96 valence electrons. The van der Waals surface area contributed by atoms with E-state index in [-0.39, 0.29) is 53.2 Å². The van der Waals surface area contributed by atoms with Gasteiger partial charge >= 0.3 is 18.9 Å². The van der Waals surface area contributed by atoms with Crippen LogP contribution in [-0.4, -0.2) is 40.8 Å². The fourth-order valence-electron chi connectivity index (χ4n) is 0.668. The second-order valence-electron chi connectivity index (χ2n) is 2.11. The number of nitrogen functional groups attached to an aromatic ring is 4. The zero-order valence-electron chi connectivity index (χ0n) is 7.87. The van der Waals surface area contributed by atoms with Crippen molar-refractivity contribution < 1.29 is 21.9 Å². The maximum atomic E-state index is 5.43. The standard InChI is InChI=1S/C6H10N4.ClH.Li.4H2O.H/c7-3-1-4(8)6(10)2-5(3)9;;;;;;;/h1-2H,7-10H2;1H;;4*1H2;. The van der Waals surface area contributed by atoms with E-state index in [0.29, 0.717) is 22.7 Å². The Morgan fingerprint density at radius 1 is 0.562 bits per heavy atom.